The van der Waals surface area contributed by atoms with E-state index in [-0.39, 0.29) is 0 Å². The van der Waals surface area contributed by atoms with Crippen LogP contribution in [0.3, 0.4) is 0 Å². The second-order valence-corrected chi connectivity index (χ2v) is 6.63. The molecule has 1 N–H and O–H groups in total. The molecule has 2 saturated heterocycles. The molecule has 1 atom stereocenters. The zero-order valence-corrected chi connectivity index (χ0v) is 11.6. The summed E-state index contributed by atoms with van der Waals surface area (Å²) in [5.74, 6) is 2.72. The second kappa shape index (κ2) is 6.27. The Bertz CT molecular complexity index is 194. The normalized spacial score (nSPS) is 29.8. The highest BCUT2D eigenvalue weighted by Crippen LogP contribution is 2.20. The summed E-state index contributed by atoms with van der Waals surface area (Å²) in [6, 6.07) is 2.32. The van der Waals surface area contributed by atoms with Gasteiger partial charge in [-0.05, 0) is 58.4 Å². The number of hydrogen-bond acceptors (Lipinski definition) is 3. The molecule has 2 aliphatic rings. The molecule has 2 rings (SSSR count). The van der Waals surface area contributed by atoms with Gasteiger partial charge in [0.1, 0.15) is 0 Å². The van der Waals surface area contributed by atoms with Crippen molar-refractivity contribution in [2.45, 2.75) is 57.7 Å². The van der Waals surface area contributed by atoms with E-state index in [0.29, 0.717) is 0 Å². The van der Waals surface area contributed by atoms with Gasteiger partial charge in [0.2, 0.25) is 0 Å². The fourth-order valence-corrected chi connectivity index (χ4v) is 3.87. The van der Waals surface area contributed by atoms with Crippen LogP contribution in [0.5, 0.6) is 0 Å². The van der Waals surface area contributed by atoms with E-state index in [4.69, 9.17) is 0 Å². The molecule has 0 aromatic carbocycles. The third-order valence-corrected chi connectivity index (χ3v) is 5.11. The number of hydrogen-bond donors (Lipinski definition) is 1. The average molecular weight is 242 g/mol. The first-order chi connectivity index (χ1) is 7.75. The van der Waals surface area contributed by atoms with Crippen LogP contribution in [0.2, 0.25) is 0 Å². The Balaban J connectivity index is 1.68. The Morgan fingerprint density at radius 2 is 1.88 bits per heavy atom. The van der Waals surface area contributed by atoms with Crippen molar-refractivity contribution < 1.29 is 0 Å². The van der Waals surface area contributed by atoms with Crippen LogP contribution in [-0.2, 0) is 0 Å². The minimum atomic E-state index is 0.728. The average Bonchev–Trinajstić information content (AvgIpc) is 2.31. The number of piperidine rings is 1. The van der Waals surface area contributed by atoms with E-state index in [0.717, 1.165) is 18.1 Å². The quantitative estimate of drug-likeness (QED) is 0.818. The molecule has 2 fully saturated rings. The van der Waals surface area contributed by atoms with Gasteiger partial charge in [-0.3, -0.25) is 0 Å². The van der Waals surface area contributed by atoms with Crippen molar-refractivity contribution >= 4 is 11.8 Å². The highest BCUT2D eigenvalue weighted by molar-refractivity contribution is 7.99. The molecule has 2 nitrogen and oxygen atoms in total. The minimum Gasteiger partial charge on any atom is -0.310 e. The second-order valence-electron chi connectivity index (χ2n) is 5.48. The lowest BCUT2D eigenvalue weighted by atomic mass is 10.0. The van der Waals surface area contributed by atoms with Gasteiger partial charge < -0.3 is 10.2 Å². The molecule has 3 heteroatoms. The predicted molar refractivity (Wildman–Crippen MR) is 73.2 cm³/mol. The molecule has 2 heterocycles. The number of nitrogens with zero attached hydrogens (tertiary/aromatic N) is 1. The zero-order valence-electron chi connectivity index (χ0n) is 10.7. The van der Waals surface area contributed by atoms with E-state index in [9.17, 15) is 0 Å². The van der Waals surface area contributed by atoms with Gasteiger partial charge >= 0.3 is 0 Å². The number of likely N-dealkylation sites (tertiary alicyclic amines) is 1. The number of thioether (sulfide) groups is 1. The van der Waals surface area contributed by atoms with Crippen molar-refractivity contribution in [3.8, 4) is 0 Å². The fourth-order valence-electron chi connectivity index (χ4n) is 2.79. The van der Waals surface area contributed by atoms with Crippen molar-refractivity contribution in [3.05, 3.63) is 0 Å². The lowest BCUT2D eigenvalue weighted by Crippen LogP contribution is -2.49. The largest absolute Gasteiger partial charge is 0.310 e. The summed E-state index contributed by atoms with van der Waals surface area (Å²) in [7, 11) is 0. The Morgan fingerprint density at radius 3 is 2.44 bits per heavy atom. The van der Waals surface area contributed by atoms with Crippen LogP contribution in [0.15, 0.2) is 0 Å². The third-order valence-electron chi connectivity index (χ3n) is 3.89. The van der Waals surface area contributed by atoms with Gasteiger partial charge in [0.15, 0.2) is 0 Å². The topological polar surface area (TPSA) is 15.3 Å². The number of nitrogens with one attached hydrogen (secondary N) is 1. The van der Waals surface area contributed by atoms with E-state index >= 15 is 0 Å². The van der Waals surface area contributed by atoms with Crippen molar-refractivity contribution in [1.29, 1.82) is 0 Å². The van der Waals surface area contributed by atoms with Crippen LogP contribution >= 0.6 is 11.8 Å². The van der Waals surface area contributed by atoms with Crippen molar-refractivity contribution in [2.75, 3.05) is 24.6 Å². The molecule has 0 aliphatic carbocycles. The van der Waals surface area contributed by atoms with Gasteiger partial charge in [-0.25, -0.2) is 0 Å². The number of rotatable bonds is 3. The Labute approximate surface area is 105 Å². The van der Waals surface area contributed by atoms with E-state index < -0.39 is 0 Å². The van der Waals surface area contributed by atoms with E-state index in [1.807, 2.05) is 0 Å². The maximum atomic E-state index is 3.87. The van der Waals surface area contributed by atoms with Gasteiger partial charge in [0.25, 0.3) is 0 Å². The van der Waals surface area contributed by atoms with Gasteiger partial charge in [0, 0.05) is 23.9 Å². The summed E-state index contributed by atoms with van der Waals surface area (Å²) in [4.78, 5) is 2.60. The van der Waals surface area contributed by atoms with Crippen molar-refractivity contribution in [2.24, 2.45) is 0 Å². The SMILES string of the molecule is CC(C)N1CCC(NC2CCCSC2)CC1. The summed E-state index contributed by atoms with van der Waals surface area (Å²) in [6.07, 6.45) is 5.50. The summed E-state index contributed by atoms with van der Waals surface area (Å²) < 4.78 is 0. The van der Waals surface area contributed by atoms with Gasteiger partial charge in [-0.1, -0.05) is 0 Å². The van der Waals surface area contributed by atoms with Crippen molar-refractivity contribution in [3.63, 3.8) is 0 Å². The smallest absolute Gasteiger partial charge is 0.0161 e. The first-order valence-corrected chi connectivity index (χ1v) is 7.99. The molecule has 1 unspecified atom stereocenters. The summed E-state index contributed by atoms with van der Waals surface area (Å²) >= 11 is 2.12. The molecule has 2 aliphatic heterocycles. The Morgan fingerprint density at radius 1 is 1.12 bits per heavy atom. The molecule has 0 bridgehead atoms. The van der Waals surface area contributed by atoms with Gasteiger partial charge in [-0.15, -0.1) is 0 Å². The third kappa shape index (κ3) is 3.64. The van der Waals surface area contributed by atoms with Crippen LogP contribution in [-0.4, -0.2) is 47.6 Å². The fraction of sp³-hybridized carbons (Fsp3) is 1.00. The van der Waals surface area contributed by atoms with Gasteiger partial charge in [0.05, 0.1) is 0 Å². The predicted octanol–water partition coefficient (Wildman–Crippen LogP) is 2.34. The zero-order chi connectivity index (χ0) is 11.4. The van der Waals surface area contributed by atoms with Crippen LogP contribution < -0.4 is 5.32 Å². The molecule has 16 heavy (non-hydrogen) atoms. The lowest BCUT2D eigenvalue weighted by Gasteiger charge is -2.37. The van der Waals surface area contributed by atoms with Crippen LogP contribution in [0.1, 0.15) is 39.5 Å². The van der Waals surface area contributed by atoms with E-state index in [1.165, 1.54) is 50.3 Å². The van der Waals surface area contributed by atoms with Crippen LogP contribution in [0, 0.1) is 0 Å². The maximum absolute atomic E-state index is 3.87. The molecular weight excluding hydrogens is 216 g/mol. The molecule has 0 saturated carbocycles. The monoisotopic (exact) mass is 242 g/mol. The van der Waals surface area contributed by atoms with Gasteiger partial charge in [-0.2, -0.15) is 11.8 Å². The molecule has 0 amide bonds. The van der Waals surface area contributed by atoms with Crippen LogP contribution in [0.4, 0.5) is 0 Å². The molecule has 0 aromatic rings. The van der Waals surface area contributed by atoms with E-state index in [2.05, 4.69) is 35.8 Å². The first kappa shape index (κ1) is 12.7. The Hall–Kier alpha value is 0.270. The molecule has 0 aromatic heterocycles. The minimum absolute atomic E-state index is 0.728. The lowest BCUT2D eigenvalue weighted by molar-refractivity contribution is 0.156. The van der Waals surface area contributed by atoms with Crippen molar-refractivity contribution in [1.82, 2.24) is 10.2 Å². The maximum Gasteiger partial charge on any atom is 0.0161 e. The summed E-state index contributed by atoms with van der Waals surface area (Å²) in [6.45, 7) is 7.20. The first-order valence-electron chi connectivity index (χ1n) is 6.83. The highest BCUT2D eigenvalue weighted by Gasteiger charge is 2.23. The summed E-state index contributed by atoms with van der Waals surface area (Å²) in [5, 5.41) is 3.87. The molecular formula is C13H26N2S. The highest BCUT2D eigenvalue weighted by atomic mass is 32.2. The van der Waals surface area contributed by atoms with E-state index in [1.54, 1.807) is 0 Å². The standard InChI is InChI=1S/C13H26N2S/c1-11(2)15-7-5-12(6-8-15)14-13-4-3-9-16-10-13/h11-14H,3-10H2,1-2H3. The Kier molecular flexibility index (Phi) is 4.98. The molecule has 0 radical (unpaired) electrons. The van der Waals surface area contributed by atoms with Crippen LogP contribution in [0.25, 0.3) is 0 Å². The summed E-state index contributed by atoms with van der Waals surface area (Å²) in [5.41, 5.74) is 0. The molecule has 94 valence electrons. The molecule has 0 spiro atoms.